The van der Waals surface area contributed by atoms with Crippen LogP contribution >= 0.6 is 11.3 Å². The number of hydrogen-bond acceptors (Lipinski definition) is 6. The zero-order chi connectivity index (χ0) is 22.9. The topological polar surface area (TPSA) is 64.6 Å². The Kier molecular flexibility index (Phi) is 6.11. The van der Waals surface area contributed by atoms with Gasteiger partial charge in [0.15, 0.2) is 5.78 Å². The number of benzene rings is 1. The molecule has 0 bridgehead atoms. The van der Waals surface area contributed by atoms with Crippen LogP contribution in [0.1, 0.15) is 67.7 Å². The van der Waals surface area contributed by atoms with E-state index >= 15 is 0 Å². The van der Waals surface area contributed by atoms with Crippen molar-refractivity contribution in [3.8, 4) is 5.75 Å². The molecule has 0 spiro atoms. The first-order valence-electron chi connectivity index (χ1n) is 11.7. The number of carbonyl (C=O) groups is 2. The highest BCUT2D eigenvalue weighted by atomic mass is 32.1. The number of rotatable bonds is 5. The van der Waals surface area contributed by atoms with Gasteiger partial charge >= 0.3 is 5.97 Å². The van der Waals surface area contributed by atoms with Gasteiger partial charge in [-0.3, -0.25) is 4.79 Å². The van der Waals surface area contributed by atoms with Crippen LogP contribution in [-0.4, -0.2) is 25.0 Å². The van der Waals surface area contributed by atoms with Crippen molar-refractivity contribution >= 4 is 23.1 Å². The summed E-state index contributed by atoms with van der Waals surface area (Å²) in [6.45, 7) is 1.93. The van der Waals surface area contributed by atoms with Crippen molar-refractivity contribution in [2.45, 2.75) is 63.4 Å². The largest absolute Gasteiger partial charge is 0.497 e. The van der Waals surface area contributed by atoms with E-state index < -0.39 is 0 Å². The third kappa shape index (κ3) is 4.24. The second-order valence-corrected chi connectivity index (χ2v) is 10.1. The fourth-order valence-electron chi connectivity index (χ4n) is 5.40. The molecule has 33 heavy (non-hydrogen) atoms. The Labute approximate surface area is 198 Å². The highest BCUT2D eigenvalue weighted by molar-refractivity contribution is 7.10. The van der Waals surface area contributed by atoms with E-state index in [1.54, 1.807) is 18.4 Å². The summed E-state index contributed by atoms with van der Waals surface area (Å²) in [4.78, 5) is 27.9. The lowest BCUT2D eigenvalue weighted by molar-refractivity contribution is -0.144. The molecule has 1 saturated carbocycles. The summed E-state index contributed by atoms with van der Waals surface area (Å²) in [5.41, 5.74) is 4.11. The van der Waals surface area contributed by atoms with Gasteiger partial charge in [-0.25, -0.2) is 4.79 Å². The number of Topliss-reactive ketones (excluding diaryl/α,β-unsaturated/α-hetero) is 1. The SMILES string of the molecule is COc1cccc(C2CC(=O)C3=C(C2)NC(C)=C(C(=O)OC2CCCC2)C3c2cccs2)c1. The molecule has 0 amide bonds. The molecule has 2 atom stereocenters. The molecule has 5 nitrogen and oxygen atoms in total. The second kappa shape index (κ2) is 9.18. The van der Waals surface area contributed by atoms with Gasteiger partial charge in [0.25, 0.3) is 0 Å². The molecule has 2 heterocycles. The third-order valence-corrected chi connectivity index (χ3v) is 7.95. The second-order valence-electron chi connectivity index (χ2n) is 9.12. The van der Waals surface area contributed by atoms with E-state index in [1.165, 1.54) is 0 Å². The number of methoxy groups -OCH3 is 1. The molecule has 0 radical (unpaired) electrons. The highest BCUT2D eigenvalue weighted by Crippen LogP contribution is 2.47. The number of hydrogen-bond donors (Lipinski definition) is 1. The molecule has 5 rings (SSSR count). The van der Waals surface area contributed by atoms with Gasteiger partial charge in [0.1, 0.15) is 11.9 Å². The Morgan fingerprint density at radius 2 is 1.94 bits per heavy atom. The van der Waals surface area contributed by atoms with Crippen LogP contribution in [0.2, 0.25) is 0 Å². The molecule has 2 unspecified atom stereocenters. The minimum atomic E-state index is -0.367. The minimum Gasteiger partial charge on any atom is -0.497 e. The molecule has 6 heteroatoms. The van der Waals surface area contributed by atoms with Crippen LogP contribution in [0, 0.1) is 0 Å². The molecular formula is C27H29NO4S. The average Bonchev–Trinajstić information content (AvgIpc) is 3.52. The smallest absolute Gasteiger partial charge is 0.337 e. The van der Waals surface area contributed by atoms with Crippen LogP contribution in [0.15, 0.2) is 64.3 Å². The van der Waals surface area contributed by atoms with Gasteiger partial charge in [-0.2, -0.15) is 0 Å². The monoisotopic (exact) mass is 463 g/mol. The first-order chi connectivity index (χ1) is 16.0. The molecule has 1 fully saturated rings. The van der Waals surface area contributed by atoms with Gasteiger partial charge in [0, 0.05) is 28.3 Å². The highest BCUT2D eigenvalue weighted by Gasteiger charge is 2.42. The number of nitrogens with one attached hydrogen (secondary N) is 1. The van der Waals surface area contributed by atoms with E-state index in [2.05, 4.69) is 11.4 Å². The van der Waals surface area contributed by atoms with E-state index in [0.29, 0.717) is 12.0 Å². The maximum Gasteiger partial charge on any atom is 0.337 e. The Hall–Kier alpha value is -2.86. The summed E-state index contributed by atoms with van der Waals surface area (Å²) < 4.78 is 11.3. The van der Waals surface area contributed by atoms with Gasteiger partial charge in [-0.05, 0) is 74.1 Å². The fourth-order valence-corrected chi connectivity index (χ4v) is 6.25. The van der Waals surface area contributed by atoms with Crippen molar-refractivity contribution in [2.75, 3.05) is 7.11 Å². The molecule has 1 N–H and O–H groups in total. The Balaban J connectivity index is 1.50. The molecule has 2 aliphatic carbocycles. The zero-order valence-electron chi connectivity index (χ0n) is 19.1. The summed E-state index contributed by atoms with van der Waals surface area (Å²) in [5.74, 6) is 0.297. The van der Waals surface area contributed by atoms with Gasteiger partial charge < -0.3 is 14.8 Å². The minimum absolute atomic E-state index is 0.0170. The standard InChI is InChI=1S/C27H29NO4S/c1-16-24(27(30)32-19-8-3-4-9-19)26(23-11-6-12-33-23)25-21(28-16)14-18(15-22(25)29)17-7-5-10-20(13-17)31-2/h5-7,10-13,18-19,26,28H,3-4,8-9,14-15H2,1-2H3. The van der Waals surface area contributed by atoms with Crippen molar-refractivity contribution < 1.29 is 19.1 Å². The molecule has 0 saturated heterocycles. The number of ketones is 1. The molecule has 1 aliphatic heterocycles. The lowest BCUT2D eigenvalue weighted by Gasteiger charge is -2.36. The van der Waals surface area contributed by atoms with E-state index in [1.807, 2.05) is 42.6 Å². The number of allylic oxidation sites excluding steroid dienone is 3. The van der Waals surface area contributed by atoms with Crippen LogP contribution in [0.25, 0.3) is 0 Å². The predicted octanol–water partition coefficient (Wildman–Crippen LogP) is 5.60. The number of ether oxygens (including phenoxy) is 2. The van der Waals surface area contributed by atoms with Gasteiger partial charge in [0.05, 0.1) is 18.6 Å². The summed E-state index contributed by atoms with van der Waals surface area (Å²) >= 11 is 1.58. The van der Waals surface area contributed by atoms with Gasteiger partial charge in [-0.1, -0.05) is 18.2 Å². The number of dihydropyridines is 1. The van der Waals surface area contributed by atoms with E-state index in [9.17, 15) is 9.59 Å². The first kappa shape index (κ1) is 22.0. The molecule has 3 aliphatic rings. The van der Waals surface area contributed by atoms with E-state index in [-0.39, 0.29) is 29.7 Å². The summed E-state index contributed by atoms with van der Waals surface area (Å²) in [6, 6.07) is 11.9. The van der Waals surface area contributed by atoms with Crippen molar-refractivity contribution in [1.82, 2.24) is 5.32 Å². The van der Waals surface area contributed by atoms with Crippen molar-refractivity contribution in [2.24, 2.45) is 0 Å². The lowest BCUT2D eigenvalue weighted by atomic mass is 9.73. The maximum atomic E-state index is 13.6. The maximum absolute atomic E-state index is 13.6. The van der Waals surface area contributed by atoms with Crippen molar-refractivity contribution in [1.29, 1.82) is 0 Å². The predicted molar refractivity (Wildman–Crippen MR) is 128 cm³/mol. The lowest BCUT2D eigenvalue weighted by Crippen LogP contribution is -2.36. The number of thiophene rings is 1. The molecular weight excluding hydrogens is 434 g/mol. The Morgan fingerprint density at radius 3 is 2.67 bits per heavy atom. The van der Waals surface area contributed by atoms with E-state index in [4.69, 9.17) is 9.47 Å². The third-order valence-electron chi connectivity index (χ3n) is 7.02. The van der Waals surface area contributed by atoms with Crippen LogP contribution in [0.5, 0.6) is 5.75 Å². The normalized spacial score (nSPS) is 23.4. The Bertz CT molecular complexity index is 1120. The van der Waals surface area contributed by atoms with Crippen molar-refractivity contribution in [3.05, 3.63) is 74.8 Å². The van der Waals surface area contributed by atoms with Crippen LogP contribution in [0.4, 0.5) is 0 Å². The summed E-state index contributed by atoms with van der Waals surface area (Å²) in [7, 11) is 1.65. The van der Waals surface area contributed by atoms with Gasteiger partial charge in [0.2, 0.25) is 0 Å². The summed E-state index contributed by atoms with van der Waals surface area (Å²) in [5, 5.41) is 5.44. The molecule has 1 aromatic carbocycles. The molecule has 1 aromatic heterocycles. The van der Waals surface area contributed by atoms with Crippen LogP contribution in [0.3, 0.4) is 0 Å². The van der Waals surface area contributed by atoms with Crippen LogP contribution in [-0.2, 0) is 14.3 Å². The Morgan fingerprint density at radius 1 is 1.12 bits per heavy atom. The van der Waals surface area contributed by atoms with Crippen LogP contribution < -0.4 is 10.1 Å². The van der Waals surface area contributed by atoms with Gasteiger partial charge in [-0.15, -0.1) is 11.3 Å². The average molecular weight is 464 g/mol. The number of carbonyl (C=O) groups excluding carboxylic acids is 2. The fraction of sp³-hybridized carbons (Fsp3) is 0.407. The number of esters is 1. The first-order valence-corrected chi connectivity index (χ1v) is 12.6. The molecule has 2 aromatic rings. The van der Waals surface area contributed by atoms with Crippen molar-refractivity contribution in [3.63, 3.8) is 0 Å². The van der Waals surface area contributed by atoms with E-state index in [0.717, 1.165) is 65.3 Å². The zero-order valence-corrected chi connectivity index (χ0v) is 19.9. The molecule has 172 valence electrons. The summed E-state index contributed by atoms with van der Waals surface area (Å²) in [6.07, 6.45) is 5.16. The quantitative estimate of drug-likeness (QED) is 0.585.